The van der Waals surface area contributed by atoms with E-state index in [1.807, 2.05) is 18.2 Å². The average molecular weight is 257 g/mol. The fourth-order valence-electron chi connectivity index (χ4n) is 1.63. The van der Waals surface area contributed by atoms with Gasteiger partial charge in [-0.05, 0) is 5.56 Å². The van der Waals surface area contributed by atoms with Gasteiger partial charge in [0.25, 0.3) is 5.78 Å². The lowest BCUT2D eigenvalue weighted by atomic mass is 10.2. The Bertz CT molecular complexity index is 665. The lowest BCUT2D eigenvalue weighted by Gasteiger charge is -2.05. The standard InChI is InChI=1S/C12H11N5S/c13-11-10(6-14-12-15-8-16-17(11)12)18-7-9-4-2-1-3-5-9/h1-6,8H,7,13H2. The molecule has 2 aromatic heterocycles. The topological polar surface area (TPSA) is 69.1 Å². The number of aromatic nitrogens is 4. The predicted octanol–water partition coefficient (Wildman–Crippen LogP) is 2.00. The second kappa shape index (κ2) is 4.66. The molecule has 18 heavy (non-hydrogen) atoms. The monoisotopic (exact) mass is 257 g/mol. The summed E-state index contributed by atoms with van der Waals surface area (Å²) in [5, 5.41) is 4.04. The number of hydrogen-bond donors (Lipinski definition) is 1. The normalized spacial score (nSPS) is 10.9. The Balaban J connectivity index is 1.84. The highest BCUT2D eigenvalue weighted by molar-refractivity contribution is 7.98. The number of nitrogens with two attached hydrogens (primary N) is 1. The van der Waals surface area contributed by atoms with Gasteiger partial charge in [0.1, 0.15) is 12.1 Å². The first kappa shape index (κ1) is 11.0. The molecule has 0 unspecified atom stereocenters. The summed E-state index contributed by atoms with van der Waals surface area (Å²) in [5.41, 5.74) is 7.28. The second-order valence-electron chi connectivity index (χ2n) is 3.75. The molecule has 0 aliphatic heterocycles. The number of thioether (sulfide) groups is 1. The summed E-state index contributed by atoms with van der Waals surface area (Å²) in [7, 11) is 0. The molecule has 0 bridgehead atoms. The SMILES string of the molecule is Nc1c(SCc2ccccc2)cnc2ncnn12. The number of rotatable bonds is 3. The van der Waals surface area contributed by atoms with Gasteiger partial charge in [0.2, 0.25) is 0 Å². The summed E-state index contributed by atoms with van der Waals surface area (Å²) in [6, 6.07) is 10.2. The van der Waals surface area contributed by atoms with Crippen LogP contribution in [0.4, 0.5) is 5.82 Å². The van der Waals surface area contributed by atoms with Crippen LogP contribution in [0, 0.1) is 0 Å². The van der Waals surface area contributed by atoms with Crippen molar-refractivity contribution < 1.29 is 0 Å². The van der Waals surface area contributed by atoms with Gasteiger partial charge in [-0.1, -0.05) is 30.3 Å². The third-order valence-electron chi connectivity index (χ3n) is 2.54. The molecule has 1 aromatic carbocycles. The first-order valence-corrected chi connectivity index (χ1v) is 6.44. The summed E-state index contributed by atoms with van der Waals surface area (Å²) < 4.78 is 1.55. The molecule has 5 nitrogen and oxygen atoms in total. The van der Waals surface area contributed by atoms with E-state index in [1.165, 1.54) is 11.9 Å². The quantitative estimate of drug-likeness (QED) is 0.727. The number of fused-ring (bicyclic) bond motifs is 1. The minimum Gasteiger partial charge on any atom is -0.383 e. The predicted molar refractivity (Wildman–Crippen MR) is 71.2 cm³/mol. The molecule has 0 atom stereocenters. The highest BCUT2D eigenvalue weighted by Crippen LogP contribution is 2.27. The molecule has 0 fully saturated rings. The Labute approximate surface area is 108 Å². The highest BCUT2D eigenvalue weighted by Gasteiger charge is 2.07. The molecular weight excluding hydrogens is 246 g/mol. The molecule has 90 valence electrons. The van der Waals surface area contributed by atoms with Gasteiger partial charge >= 0.3 is 0 Å². The fourth-order valence-corrected chi connectivity index (χ4v) is 2.50. The molecule has 2 heterocycles. The van der Waals surface area contributed by atoms with E-state index in [0.29, 0.717) is 11.6 Å². The minimum atomic E-state index is 0.525. The fraction of sp³-hybridized carbons (Fsp3) is 0.0833. The van der Waals surface area contributed by atoms with Crippen LogP contribution in [0.2, 0.25) is 0 Å². The molecule has 0 spiro atoms. The zero-order valence-corrected chi connectivity index (χ0v) is 10.3. The van der Waals surface area contributed by atoms with Crippen LogP contribution in [0.25, 0.3) is 5.78 Å². The van der Waals surface area contributed by atoms with Crippen molar-refractivity contribution >= 4 is 23.4 Å². The Morgan fingerprint density at radius 2 is 2.00 bits per heavy atom. The molecule has 2 N–H and O–H groups in total. The van der Waals surface area contributed by atoms with Crippen molar-refractivity contribution in [1.82, 2.24) is 19.6 Å². The molecule has 0 radical (unpaired) electrons. The second-order valence-corrected chi connectivity index (χ2v) is 4.77. The molecule has 0 saturated heterocycles. The van der Waals surface area contributed by atoms with E-state index in [-0.39, 0.29) is 0 Å². The summed E-state index contributed by atoms with van der Waals surface area (Å²) in [6.45, 7) is 0. The van der Waals surface area contributed by atoms with Crippen LogP contribution in [0.5, 0.6) is 0 Å². The third-order valence-corrected chi connectivity index (χ3v) is 3.65. The Hall–Kier alpha value is -2.08. The van der Waals surface area contributed by atoms with Gasteiger partial charge in [-0.25, -0.2) is 4.98 Å². The molecule has 6 heteroatoms. The van der Waals surface area contributed by atoms with E-state index in [0.717, 1.165) is 10.6 Å². The average Bonchev–Trinajstić information content (AvgIpc) is 2.88. The van der Waals surface area contributed by atoms with Crippen molar-refractivity contribution in [3.8, 4) is 0 Å². The maximum Gasteiger partial charge on any atom is 0.254 e. The van der Waals surface area contributed by atoms with Gasteiger partial charge in [-0.3, -0.25) is 0 Å². The number of nitrogens with zero attached hydrogens (tertiary/aromatic N) is 4. The molecule has 0 aliphatic rings. The summed E-state index contributed by atoms with van der Waals surface area (Å²) in [5.74, 6) is 1.96. The van der Waals surface area contributed by atoms with E-state index in [2.05, 4.69) is 27.2 Å². The van der Waals surface area contributed by atoms with Crippen LogP contribution >= 0.6 is 11.8 Å². The van der Waals surface area contributed by atoms with Gasteiger partial charge in [0.15, 0.2) is 0 Å². The summed E-state index contributed by atoms with van der Waals surface area (Å²) in [4.78, 5) is 9.11. The van der Waals surface area contributed by atoms with Crippen molar-refractivity contribution in [2.45, 2.75) is 10.6 Å². The van der Waals surface area contributed by atoms with Gasteiger partial charge in [0.05, 0.1) is 4.90 Å². The van der Waals surface area contributed by atoms with E-state index in [1.54, 1.807) is 22.5 Å². The summed E-state index contributed by atoms with van der Waals surface area (Å²) in [6.07, 6.45) is 3.19. The number of nitrogen functional groups attached to an aromatic ring is 1. The third kappa shape index (κ3) is 2.02. The number of benzene rings is 1. The Morgan fingerprint density at radius 3 is 2.83 bits per heavy atom. The van der Waals surface area contributed by atoms with Crippen LogP contribution in [-0.2, 0) is 5.75 Å². The smallest absolute Gasteiger partial charge is 0.254 e. The van der Waals surface area contributed by atoms with Gasteiger partial charge in [0, 0.05) is 11.9 Å². The maximum absolute atomic E-state index is 6.03. The first-order chi connectivity index (χ1) is 8.84. The van der Waals surface area contributed by atoms with E-state index in [9.17, 15) is 0 Å². The van der Waals surface area contributed by atoms with Crippen molar-refractivity contribution in [1.29, 1.82) is 0 Å². The van der Waals surface area contributed by atoms with Gasteiger partial charge in [-0.2, -0.15) is 14.6 Å². The first-order valence-electron chi connectivity index (χ1n) is 5.45. The molecule has 3 rings (SSSR count). The molecular formula is C12H11N5S. The zero-order chi connectivity index (χ0) is 12.4. The van der Waals surface area contributed by atoms with E-state index in [4.69, 9.17) is 5.73 Å². The van der Waals surface area contributed by atoms with Gasteiger partial charge in [-0.15, -0.1) is 11.8 Å². The van der Waals surface area contributed by atoms with Crippen molar-refractivity contribution in [3.05, 3.63) is 48.4 Å². The van der Waals surface area contributed by atoms with Gasteiger partial charge < -0.3 is 5.73 Å². The Morgan fingerprint density at radius 1 is 1.17 bits per heavy atom. The molecule has 0 amide bonds. The largest absolute Gasteiger partial charge is 0.383 e. The minimum absolute atomic E-state index is 0.525. The lowest BCUT2D eigenvalue weighted by Crippen LogP contribution is -2.02. The molecule has 3 aromatic rings. The lowest BCUT2D eigenvalue weighted by molar-refractivity contribution is 0.928. The molecule has 0 saturated carbocycles. The van der Waals surface area contributed by atoms with Crippen molar-refractivity contribution in [3.63, 3.8) is 0 Å². The Kier molecular flexibility index (Phi) is 2.85. The van der Waals surface area contributed by atoms with Crippen molar-refractivity contribution in [2.75, 3.05) is 5.73 Å². The highest BCUT2D eigenvalue weighted by atomic mass is 32.2. The number of hydrogen-bond acceptors (Lipinski definition) is 5. The number of anilines is 1. The van der Waals surface area contributed by atoms with Crippen LogP contribution in [0.15, 0.2) is 47.8 Å². The van der Waals surface area contributed by atoms with Crippen LogP contribution in [0.1, 0.15) is 5.56 Å². The van der Waals surface area contributed by atoms with Crippen LogP contribution in [0.3, 0.4) is 0 Å². The van der Waals surface area contributed by atoms with E-state index < -0.39 is 0 Å². The van der Waals surface area contributed by atoms with Crippen molar-refractivity contribution in [2.24, 2.45) is 0 Å². The zero-order valence-electron chi connectivity index (χ0n) is 9.52. The molecule has 0 aliphatic carbocycles. The van der Waals surface area contributed by atoms with Crippen LogP contribution < -0.4 is 5.73 Å². The van der Waals surface area contributed by atoms with Crippen LogP contribution in [-0.4, -0.2) is 19.6 Å². The summed E-state index contributed by atoms with van der Waals surface area (Å²) >= 11 is 1.64. The maximum atomic E-state index is 6.03. The van der Waals surface area contributed by atoms with E-state index >= 15 is 0 Å².